The van der Waals surface area contributed by atoms with Crippen molar-refractivity contribution in [3.63, 3.8) is 0 Å². The maximum absolute atomic E-state index is 9.91. The van der Waals surface area contributed by atoms with Gasteiger partial charge in [-0.05, 0) is 25.7 Å². The van der Waals surface area contributed by atoms with E-state index in [1.165, 1.54) is 5.39 Å². The molecular formula is C15H17N3O. The molecule has 0 amide bonds. The van der Waals surface area contributed by atoms with Crippen molar-refractivity contribution in [3.8, 4) is 0 Å². The molecule has 19 heavy (non-hydrogen) atoms. The number of hydrogen-bond acceptors (Lipinski definition) is 4. The monoisotopic (exact) mass is 255 g/mol. The minimum atomic E-state index is -0.142. The highest BCUT2D eigenvalue weighted by atomic mass is 16.3. The third-order valence-electron chi connectivity index (χ3n) is 4.50. The molecule has 3 heterocycles. The van der Waals surface area contributed by atoms with Crippen LogP contribution in [-0.4, -0.2) is 33.5 Å². The van der Waals surface area contributed by atoms with E-state index in [0.717, 1.165) is 36.9 Å². The van der Waals surface area contributed by atoms with Crippen LogP contribution in [0.15, 0.2) is 30.5 Å². The summed E-state index contributed by atoms with van der Waals surface area (Å²) in [5.41, 5.74) is 0. The standard InChI is InChI=1S/C15H17N3O/c19-13-7-11-5-6-12(8-13)18(11)15-14-4-2-1-3-10(14)9-16-17-15/h1-4,9,11-13,19H,5-8H2. The van der Waals surface area contributed by atoms with E-state index in [1.807, 2.05) is 18.3 Å². The molecule has 1 aromatic heterocycles. The summed E-state index contributed by atoms with van der Waals surface area (Å²) in [6.07, 6.45) is 5.72. The van der Waals surface area contributed by atoms with Crippen LogP contribution in [0.4, 0.5) is 5.82 Å². The van der Waals surface area contributed by atoms with Crippen LogP contribution in [0.1, 0.15) is 25.7 Å². The van der Waals surface area contributed by atoms with Crippen LogP contribution >= 0.6 is 0 Å². The zero-order valence-electron chi connectivity index (χ0n) is 10.7. The molecule has 0 aliphatic carbocycles. The van der Waals surface area contributed by atoms with E-state index in [9.17, 15) is 5.11 Å². The summed E-state index contributed by atoms with van der Waals surface area (Å²) in [5.74, 6) is 0.998. The molecule has 2 fully saturated rings. The number of piperidine rings is 1. The molecular weight excluding hydrogens is 238 g/mol. The van der Waals surface area contributed by atoms with Gasteiger partial charge in [-0.1, -0.05) is 24.3 Å². The maximum Gasteiger partial charge on any atom is 0.159 e. The van der Waals surface area contributed by atoms with Gasteiger partial charge in [0.1, 0.15) is 0 Å². The highest BCUT2D eigenvalue weighted by Gasteiger charge is 2.41. The zero-order chi connectivity index (χ0) is 12.8. The van der Waals surface area contributed by atoms with Crippen LogP contribution in [0.2, 0.25) is 0 Å². The van der Waals surface area contributed by atoms with E-state index >= 15 is 0 Å². The van der Waals surface area contributed by atoms with Crippen molar-refractivity contribution in [2.45, 2.75) is 43.9 Å². The summed E-state index contributed by atoms with van der Waals surface area (Å²) in [6, 6.07) is 9.12. The molecule has 2 atom stereocenters. The number of fused-ring (bicyclic) bond motifs is 3. The van der Waals surface area contributed by atoms with Crippen LogP contribution in [-0.2, 0) is 0 Å². The van der Waals surface area contributed by atoms with E-state index < -0.39 is 0 Å². The number of hydrogen-bond donors (Lipinski definition) is 1. The number of rotatable bonds is 1. The third-order valence-corrected chi connectivity index (χ3v) is 4.50. The molecule has 2 aliphatic rings. The third kappa shape index (κ3) is 1.70. The van der Waals surface area contributed by atoms with Crippen molar-refractivity contribution < 1.29 is 5.11 Å². The van der Waals surface area contributed by atoms with Gasteiger partial charge in [-0.3, -0.25) is 0 Å². The molecule has 2 saturated heterocycles. The Morgan fingerprint density at radius 1 is 1.11 bits per heavy atom. The molecule has 2 aromatic rings. The molecule has 2 unspecified atom stereocenters. The first kappa shape index (κ1) is 11.2. The molecule has 2 bridgehead atoms. The second-order valence-electron chi connectivity index (χ2n) is 5.67. The first-order valence-electron chi connectivity index (χ1n) is 7.00. The average Bonchev–Trinajstić information content (AvgIpc) is 2.70. The van der Waals surface area contributed by atoms with E-state index in [2.05, 4.69) is 27.2 Å². The SMILES string of the molecule is OC1CC2CCC(C1)N2c1nncc2ccccc12. The fourth-order valence-electron chi connectivity index (χ4n) is 3.70. The topological polar surface area (TPSA) is 49.2 Å². The van der Waals surface area contributed by atoms with Crippen LogP contribution < -0.4 is 4.90 Å². The molecule has 4 rings (SSSR count). The minimum absolute atomic E-state index is 0.142. The van der Waals surface area contributed by atoms with Crippen molar-refractivity contribution in [3.05, 3.63) is 30.5 Å². The molecule has 2 aliphatic heterocycles. The predicted octanol–water partition coefficient (Wildman–Crippen LogP) is 2.12. The van der Waals surface area contributed by atoms with Crippen molar-refractivity contribution in [1.29, 1.82) is 0 Å². The lowest BCUT2D eigenvalue weighted by Gasteiger charge is -2.38. The Labute approximate surface area is 112 Å². The largest absolute Gasteiger partial charge is 0.393 e. The van der Waals surface area contributed by atoms with Gasteiger partial charge in [-0.2, -0.15) is 5.10 Å². The van der Waals surface area contributed by atoms with E-state index in [0.29, 0.717) is 12.1 Å². The van der Waals surface area contributed by atoms with E-state index in [-0.39, 0.29) is 6.10 Å². The molecule has 0 saturated carbocycles. The number of aromatic nitrogens is 2. The van der Waals surface area contributed by atoms with Crippen molar-refractivity contribution in [2.75, 3.05) is 4.90 Å². The van der Waals surface area contributed by atoms with Crippen molar-refractivity contribution >= 4 is 16.6 Å². The van der Waals surface area contributed by atoms with Gasteiger partial charge < -0.3 is 10.0 Å². The Bertz CT molecular complexity index is 596. The molecule has 4 heteroatoms. The van der Waals surface area contributed by atoms with Gasteiger partial charge in [0.2, 0.25) is 0 Å². The van der Waals surface area contributed by atoms with Gasteiger partial charge in [-0.15, -0.1) is 5.10 Å². The van der Waals surface area contributed by atoms with Crippen molar-refractivity contribution in [2.24, 2.45) is 0 Å². The Morgan fingerprint density at radius 3 is 2.63 bits per heavy atom. The van der Waals surface area contributed by atoms with Crippen LogP contribution in [0.3, 0.4) is 0 Å². The number of aliphatic hydroxyl groups excluding tert-OH is 1. The lowest BCUT2D eigenvalue weighted by atomic mass is 9.99. The molecule has 1 aromatic carbocycles. The number of anilines is 1. The summed E-state index contributed by atoms with van der Waals surface area (Å²) < 4.78 is 0. The first-order chi connectivity index (χ1) is 9.33. The predicted molar refractivity (Wildman–Crippen MR) is 74.1 cm³/mol. The molecule has 0 radical (unpaired) electrons. The second kappa shape index (κ2) is 4.17. The summed E-state index contributed by atoms with van der Waals surface area (Å²) >= 11 is 0. The lowest BCUT2D eigenvalue weighted by Crippen LogP contribution is -2.45. The zero-order valence-corrected chi connectivity index (χ0v) is 10.7. The smallest absolute Gasteiger partial charge is 0.159 e. The summed E-state index contributed by atoms with van der Waals surface area (Å²) in [5, 5.41) is 20.8. The summed E-state index contributed by atoms with van der Waals surface area (Å²) in [7, 11) is 0. The number of aliphatic hydroxyl groups is 1. The minimum Gasteiger partial charge on any atom is -0.393 e. The second-order valence-corrected chi connectivity index (χ2v) is 5.67. The Morgan fingerprint density at radius 2 is 1.84 bits per heavy atom. The molecule has 98 valence electrons. The lowest BCUT2D eigenvalue weighted by molar-refractivity contribution is 0.126. The summed E-state index contributed by atoms with van der Waals surface area (Å²) in [4.78, 5) is 2.40. The van der Waals surface area contributed by atoms with Crippen molar-refractivity contribution in [1.82, 2.24) is 10.2 Å². The van der Waals surface area contributed by atoms with Crippen LogP contribution in [0.25, 0.3) is 10.8 Å². The fraction of sp³-hybridized carbons (Fsp3) is 0.467. The van der Waals surface area contributed by atoms with Gasteiger partial charge >= 0.3 is 0 Å². The maximum atomic E-state index is 9.91. The number of nitrogens with zero attached hydrogens (tertiary/aromatic N) is 3. The van der Waals surface area contributed by atoms with Gasteiger partial charge in [0, 0.05) is 22.9 Å². The molecule has 4 nitrogen and oxygen atoms in total. The Hall–Kier alpha value is -1.68. The van der Waals surface area contributed by atoms with Crippen LogP contribution in [0.5, 0.6) is 0 Å². The normalized spacial score (nSPS) is 29.9. The van der Waals surface area contributed by atoms with E-state index in [4.69, 9.17) is 0 Å². The van der Waals surface area contributed by atoms with Crippen LogP contribution in [0, 0.1) is 0 Å². The highest BCUT2D eigenvalue weighted by molar-refractivity contribution is 5.91. The Kier molecular flexibility index (Phi) is 2.45. The fourth-order valence-corrected chi connectivity index (χ4v) is 3.70. The van der Waals surface area contributed by atoms with E-state index in [1.54, 1.807) is 0 Å². The van der Waals surface area contributed by atoms with Gasteiger partial charge in [0.25, 0.3) is 0 Å². The molecule has 0 spiro atoms. The first-order valence-corrected chi connectivity index (χ1v) is 7.00. The quantitative estimate of drug-likeness (QED) is 0.848. The summed E-state index contributed by atoms with van der Waals surface area (Å²) in [6.45, 7) is 0. The van der Waals surface area contributed by atoms with Gasteiger partial charge in [-0.25, -0.2) is 0 Å². The van der Waals surface area contributed by atoms with Gasteiger partial charge in [0.05, 0.1) is 12.3 Å². The van der Waals surface area contributed by atoms with Gasteiger partial charge in [0.15, 0.2) is 5.82 Å². The molecule has 1 N–H and O–H groups in total. The Balaban J connectivity index is 1.83. The average molecular weight is 255 g/mol. The number of benzene rings is 1. The highest BCUT2D eigenvalue weighted by Crippen LogP contribution is 2.40.